The molecule has 0 saturated heterocycles. The first-order valence-corrected chi connectivity index (χ1v) is 11.1. The molecule has 30 heavy (non-hydrogen) atoms. The molecular weight excluding hydrogens is 448 g/mol. The Morgan fingerprint density at radius 3 is 2.53 bits per heavy atom. The zero-order chi connectivity index (χ0) is 21.1. The van der Waals surface area contributed by atoms with Crippen LogP contribution in [0.3, 0.4) is 0 Å². The number of hydrogen-bond acceptors (Lipinski definition) is 5. The summed E-state index contributed by atoms with van der Waals surface area (Å²) in [4.78, 5) is 25.4. The fourth-order valence-corrected chi connectivity index (χ4v) is 4.31. The number of carbonyl (C=O) groups excluding carboxylic acids is 2. The number of carbonyl (C=O) groups is 2. The molecule has 0 amide bonds. The van der Waals surface area contributed by atoms with Gasteiger partial charge in [-0.2, -0.15) is 0 Å². The number of hydrogen-bond donors (Lipinski definition) is 0. The molecule has 0 radical (unpaired) electrons. The van der Waals surface area contributed by atoms with Gasteiger partial charge in [0, 0.05) is 10.9 Å². The molecule has 0 spiro atoms. The maximum absolute atomic E-state index is 12.8. The third-order valence-corrected chi connectivity index (χ3v) is 6.03. The van der Waals surface area contributed by atoms with Crippen LogP contribution >= 0.6 is 15.9 Å². The summed E-state index contributed by atoms with van der Waals surface area (Å²) < 4.78 is 17.6. The number of halogens is 1. The van der Waals surface area contributed by atoms with Gasteiger partial charge < -0.3 is 13.9 Å². The summed E-state index contributed by atoms with van der Waals surface area (Å²) in [6.45, 7) is 2.01. The van der Waals surface area contributed by atoms with E-state index in [9.17, 15) is 9.59 Å². The molecule has 0 bridgehead atoms. The molecule has 3 aromatic rings. The quantitative estimate of drug-likeness (QED) is 0.313. The molecule has 4 rings (SSSR count). The topological polar surface area (TPSA) is 65.7 Å². The van der Waals surface area contributed by atoms with Gasteiger partial charge in [0.05, 0.1) is 17.0 Å². The van der Waals surface area contributed by atoms with Gasteiger partial charge in [0.15, 0.2) is 0 Å². The summed E-state index contributed by atoms with van der Waals surface area (Å²) in [5, 5.41) is 0.557. The number of furan rings is 1. The van der Waals surface area contributed by atoms with Crippen LogP contribution in [0.1, 0.15) is 49.4 Å². The fraction of sp³-hybridized carbons (Fsp3) is 0.333. The van der Waals surface area contributed by atoms with Crippen LogP contribution in [-0.4, -0.2) is 18.5 Å². The van der Waals surface area contributed by atoms with E-state index in [4.69, 9.17) is 13.9 Å². The van der Waals surface area contributed by atoms with Gasteiger partial charge in [-0.3, -0.25) is 4.79 Å². The Bertz CT molecular complexity index is 1060. The van der Waals surface area contributed by atoms with E-state index in [2.05, 4.69) is 15.9 Å². The van der Waals surface area contributed by atoms with E-state index < -0.39 is 5.97 Å². The highest BCUT2D eigenvalue weighted by atomic mass is 79.9. The van der Waals surface area contributed by atoms with Gasteiger partial charge in [-0.25, -0.2) is 4.79 Å². The van der Waals surface area contributed by atoms with E-state index in [0.29, 0.717) is 32.5 Å². The Kier molecular flexibility index (Phi) is 6.23. The molecular formula is C24H23BrO5. The van der Waals surface area contributed by atoms with Gasteiger partial charge in [-0.15, -0.1) is 0 Å². The third kappa shape index (κ3) is 4.15. The summed E-state index contributed by atoms with van der Waals surface area (Å²) in [5.74, 6) is 0.0482. The van der Waals surface area contributed by atoms with Gasteiger partial charge in [0.2, 0.25) is 0 Å². The Labute approximate surface area is 183 Å². The van der Waals surface area contributed by atoms with Crippen LogP contribution in [0.15, 0.2) is 51.4 Å². The van der Waals surface area contributed by atoms with Crippen molar-refractivity contribution >= 4 is 38.8 Å². The molecule has 156 valence electrons. The van der Waals surface area contributed by atoms with Gasteiger partial charge in [-0.1, -0.05) is 49.6 Å². The SMILES string of the molecule is CCOC(=O)c1c(-c2ccccc2)oc2cc(Br)c(OC(=O)C3CCCCC3)cc12. The van der Waals surface area contributed by atoms with Crippen LogP contribution in [0.5, 0.6) is 5.75 Å². The largest absolute Gasteiger partial charge is 0.462 e. The van der Waals surface area contributed by atoms with Crippen LogP contribution < -0.4 is 4.74 Å². The van der Waals surface area contributed by atoms with E-state index in [1.807, 2.05) is 30.3 Å². The zero-order valence-electron chi connectivity index (χ0n) is 16.8. The Morgan fingerprint density at radius 1 is 1.10 bits per heavy atom. The van der Waals surface area contributed by atoms with E-state index in [0.717, 1.165) is 31.2 Å². The molecule has 0 aliphatic heterocycles. The molecule has 1 aromatic heterocycles. The Balaban J connectivity index is 1.77. The number of esters is 2. The molecule has 6 heteroatoms. The van der Waals surface area contributed by atoms with Crippen LogP contribution in [0.2, 0.25) is 0 Å². The molecule has 0 N–H and O–H groups in total. The van der Waals surface area contributed by atoms with Crippen molar-refractivity contribution in [1.82, 2.24) is 0 Å². The first-order chi connectivity index (χ1) is 14.6. The predicted molar refractivity (Wildman–Crippen MR) is 118 cm³/mol. The minimum absolute atomic E-state index is 0.0740. The minimum atomic E-state index is -0.470. The first kappa shape index (κ1) is 20.7. The second-order valence-corrected chi connectivity index (χ2v) is 8.28. The summed E-state index contributed by atoms with van der Waals surface area (Å²) in [6.07, 6.45) is 4.98. The number of benzene rings is 2. The molecule has 1 aliphatic carbocycles. The van der Waals surface area contributed by atoms with Crippen molar-refractivity contribution < 1.29 is 23.5 Å². The average molecular weight is 471 g/mol. The van der Waals surface area contributed by atoms with Crippen molar-refractivity contribution in [3.63, 3.8) is 0 Å². The summed E-state index contributed by atoms with van der Waals surface area (Å²) >= 11 is 3.47. The summed E-state index contributed by atoms with van der Waals surface area (Å²) in [5.41, 5.74) is 1.62. The van der Waals surface area contributed by atoms with Crippen LogP contribution in [0.25, 0.3) is 22.3 Å². The van der Waals surface area contributed by atoms with Gasteiger partial charge in [0.1, 0.15) is 22.7 Å². The standard InChI is InChI=1S/C24H23BrO5/c1-2-28-24(27)21-17-13-20(30-23(26)16-11-7-4-8-12-16)18(25)14-19(17)29-22(21)15-9-5-3-6-10-15/h3,5-6,9-10,13-14,16H,2,4,7-8,11-12H2,1H3. The lowest BCUT2D eigenvalue weighted by atomic mass is 9.89. The molecule has 1 fully saturated rings. The van der Waals surface area contributed by atoms with E-state index in [1.165, 1.54) is 6.42 Å². The molecule has 2 aromatic carbocycles. The normalized spacial score (nSPS) is 14.6. The lowest BCUT2D eigenvalue weighted by Gasteiger charge is -2.20. The van der Waals surface area contributed by atoms with Crippen molar-refractivity contribution in [3.05, 3.63) is 52.5 Å². The Hall–Kier alpha value is -2.60. The van der Waals surface area contributed by atoms with Gasteiger partial charge in [-0.05, 0) is 47.8 Å². The van der Waals surface area contributed by atoms with Gasteiger partial charge >= 0.3 is 11.9 Å². The minimum Gasteiger partial charge on any atom is -0.462 e. The number of fused-ring (bicyclic) bond motifs is 1. The highest BCUT2D eigenvalue weighted by Crippen LogP contribution is 2.39. The van der Waals surface area contributed by atoms with Crippen molar-refractivity contribution in [2.45, 2.75) is 39.0 Å². The molecule has 1 heterocycles. The monoisotopic (exact) mass is 470 g/mol. The molecule has 1 saturated carbocycles. The molecule has 5 nitrogen and oxygen atoms in total. The maximum atomic E-state index is 12.8. The van der Waals surface area contributed by atoms with E-state index in [-0.39, 0.29) is 18.5 Å². The number of rotatable bonds is 5. The van der Waals surface area contributed by atoms with E-state index >= 15 is 0 Å². The van der Waals surface area contributed by atoms with Gasteiger partial charge in [0.25, 0.3) is 0 Å². The van der Waals surface area contributed by atoms with Crippen LogP contribution in [0.4, 0.5) is 0 Å². The Morgan fingerprint density at radius 2 is 1.83 bits per heavy atom. The summed E-state index contributed by atoms with van der Waals surface area (Å²) in [7, 11) is 0. The van der Waals surface area contributed by atoms with Crippen molar-refractivity contribution in [2.24, 2.45) is 5.92 Å². The average Bonchev–Trinajstić information content (AvgIpc) is 3.13. The smallest absolute Gasteiger partial charge is 0.342 e. The van der Waals surface area contributed by atoms with Crippen molar-refractivity contribution in [1.29, 1.82) is 0 Å². The third-order valence-electron chi connectivity index (χ3n) is 5.41. The van der Waals surface area contributed by atoms with Crippen molar-refractivity contribution in [3.8, 4) is 17.1 Å². The highest BCUT2D eigenvalue weighted by Gasteiger charge is 2.27. The predicted octanol–water partition coefficient (Wildman–Crippen LogP) is 6.52. The second kappa shape index (κ2) is 9.04. The highest BCUT2D eigenvalue weighted by molar-refractivity contribution is 9.10. The van der Waals surface area contributed by atoms with Crippen molar-refractivity contribution in [2.75, 3.05) is 6.61 Å². The first-order valence-electron chi connectivity index (χ1n) is 10.3. The van der Waals surface area contributed by atoms with E-state index in [1.54, 1.807) is 19.1 Å². The molecule has 1 aliphatic rings. The van der Waals surface area contributed by atoms with Crippen LogP contribution in [-0.2, 0) is 9.53 Å². The molecule has 0 unspecified atom stereocenters. The second-order valence-electron chi connectivity index (χ2n) is 7.43. The number of ether oxygens (including phenoxy) is 2. The maximum Gasteiger partial charge on any atom is 0.342 e. The lowest BCUT2D eigenvalue weighted by molar-refractivity contribution is -0.140. The zero-order valence-corrected chi connectivity index (χ0v) is 18.4. The fourth-order valence-electron chi connectivity index (χ4n) is 3.91. The summed E-state index contributed by atoms with van der Waals surface area (Å²) in [6, 6.07) is 12.8. The molecule has 0 atom stereocenters. The van der Waals surface area contributed by atoms with Crippen LogP contribution in [0, 0.1) is 5.92 Å². The lowest BCUT2D eigenvalue weighted by Crippen LogP contribution is -2.22.